The van der Waals surface area contributed by atoms with Crippen LogP contribution in [0, 0.1) is 0 Å². The van der Waals surface area contributed by atoms with Gasteiger partial charge in [-0.3, -0.25) is 4.79 Å². The van der Waals surface area contributed by atoms with Crippen LogP contribution in [0.15, 0.2) is 36.5 Å². The molecule has 10 nitrogen and oxygen atoms in total. The zero-order valence-electron chi connectivity index (χ0n) is 17.4. The van der Waals surface area contributed by atoms with Crippen LogP contribution in [-0.2, 0) is 6.18 Å². The third-order valence-electron chi connectivity index (χ3n) is 5.04. The topological polar surface area (TPSA) is 129 Å². The number of piperidine rings is 1. The van der Waals surface area contributed by atoms with Crippen LogP contribution in [0.2, 0.25) is 0 Å². The van der Waals surface area contributed by atoms with E-state index in [0.29, 0.717) is 31.6 Å². The molecule has 0 spiro atoms. The van der Waals surface area contributed by atoms with Crippen LogP contribution in [0.4, 0.5) is 22.8 Å². The monoisotopic (exact) mass is 468 g/mol. The summed E-state index contributed by atoms with van der Waals surface area (Å²) in [6, 6.07) is 7.48. The van der Waals surface area contributed by atoms with E-state index < -0.39 is 35.5 Å². The lowest BCUT2D eigenvalue weighted by Gasteiger charge is -2.31. The van der Waals surface area contributed by atoms with Gasteiger partial charge in [0.15, 0.2) is 5.69 Å². The van der Waals surface area contributed by atoms with E-state index in [0.717, 1.165) is 10.9 Å². The molecule has 4 amide bonds. The highest BCUT2D eigenvalue weighted by Crippen LogP contribution is 2.31. The molecule has 13 heteroatoms. The highest BCUT2D eigenvalue weighted by molar-refractivity contribution is 5.95. The molecule has 0 bridgehead atoms. The third-order valence-corrected chi connectivity index (χ3v) is 5.04. The number of alkyl halides is 3. The molecule has 0 atom stereocenters. The first-order valence-electron chi connectivity index (χ1n) is 10.2. The van der Waals surface area contributed by atoms with Crippen molar-refractivity contribution in [1.29, 1.82) is 0 Å². The number of rotatable bonds is 6. The van der Waals surface area contributed by atoms with E-state index in [1.807, 2.05) is 0 Å². The molecule has 1 aromatic carbocycles. The van der Waals surface area contributed by atoms with Gasteiger partial charge in [0, 0.05) is 38.4 Å². The molecule has 1 aliphatic rings. The molecule has 178 valence electrons. The van der Waals surface area contributed by atoms with Gasteiger partial charge in [0.05, 0.1) is 11.3 Å². The van der Waals surface area contributed by atoms with Gasteiger partial charge in [0.25, 0.3) is 5.91 Å². The van der Waals surface area contributed by atoms with E-state index in [4.69, 9.17) is 5.11 Å². The third kappa shape index (κ3) is 6.37. The molecule has 3 rings (SSSR count). The molecule has 4 N–H and O–H groups in total. The minimum absolute atomic E-state index is 0.00600. The zero-order valence-corrected chi connectivity index (χ0v) is 17.4. The summed E-state index contributed by atoms with van der Waals surface area (Å²) < 4.78 is 41.1. The average Bonchev–Trinajstić information content (AvgIpc) is 3.23. The lowest BCUT2D eigenvalue weighted by Crippen LogP contribution is -2.50. The summed E-state index contributed by atoms with van der Waals surface area (Å²) in [5.74, 6) is -0.959. The molecule has 1 fully saturated rings. The molecule has 0 aliphatic carbocycles. The number of aromatic nitrogens is 2. The van der Waals surface area contributed by atoms with Gasteiger partial charge in [-0.25, -0.2) is 14.3 Å². The van der Waals surface area contributed by atoms with E-state index in [1.165, 1.54) is 4.90 Å². The van der Waals surface area contributed by atoms with Crippen molar-refractivity contribution in [2.45, 2.75) is 25.1 Å². The van der Waals surface area contributed by atoms with Crippen LogP contribution in [0.5, 0.6) is 0 Å². The van der Waals surface area contributed by atoms with Crippen LogP contribution in [-0.4, -0.2) is 70.0 Å². The van der Waals surface area contributed by atoms with Gasteiger partial charge >= 0.3 is 18.3 Å². The Morgan fingerprint density at radius 2 is 1.70 bits per heavy atom. The fourth-order valence-electron chi connectivity index (χ4n) is 3.42. The molecule has 2 heterocycles. The number of para-hydroxylation sites is 1. The van der Waals surface area contributed by atoms with E-state index >= 15 is 0 Å². The second-order valence-corrected chi connectivity index (χ2v) is 7.37. The fourth-order valence-corrected chi connectivity index (χ4v) is 3.42. The second-order valence-electron chi connectivity index (χ2n) is 7.37. The Bertz CT molecular complexity index is 987. The van der Waals surface area contributed by atoms with Crippen LogP contribution in [0.25, 0.3) is 5.69 Å². The summed E-state index contributed by atoms with van der Waals surface area (Å²) in [4.78, 5) is 36.7. The molecular formula is C20H23F3N6O4. The summed E-state index contributed by atoms with van der Waals surface area (Å²) >= 11 is 0. The predicted molar refractivity (Wildman–Crippen MR) is 110 cm³/mol. The number of carboxylic acid groups (broad SMARTS) is 1. The molecule has 1 saturated heterocycles. The Morgan fingerprint density at radius 3 is 2.30 bits per heavy atom. The normalized spacial score (nSPS) is 14.6. The van der Waals surface area contributed by atoms with Gasteiger partial charge in [-0.1, -0.05) is 18.2 Å². The largest absolute Gasteiger partial charge is 0.465 e. The number of urea groups is 1. The maximum Gasteiger partial charge on any atom is 0.435 e. The predicted octanol–water partition coefficient (Wildman–Crippen LogP) is 2.06. The number of nitrogens with zero attached hydrogens (tertiary/aromatic N) is 3. The highest BCUT2D eigenvalue weighted by atomic mass is 19.4. The van der Waals surface area contributed by atoms with Crippen molar-refractivity contribution in [3.8, 4) is 5.69 Å². The summed E-state index contributed by atoms with van der Waals surface area (Å²) in [6.07, 6.45) is -3.97. The van der Waals surface area contributed by atoms with Crippen LogP contribution >= 0.6 is 0 Å². The molecule has 0 radical (unpaired) electrons. The molecule has 1 aromatic heterocycles. The fraction of sp³-hybridized carbons (Fsp3) is 0.400. The minimum atomic E-state index is -4.82. The number of carbonyl (C=O) groups is 3. The number of nitrogens with one attached hydrogen (secondary N) is 3. The summed E-state index contributed by atoms with van der Waals surface area (Å²) in [7, 11) is 0. The van der Waals surface area contributed by atoms with E-state index in [1.54, 1.807) is 30.3 Å². The van der Waals surface area contributed by atoms with Crippen molar-refractivity contribution in [2.24, 2.45) is 0 Å². The number of hydrogen-bond donors (Lipinski definition) is 4. The first-order valence-corrected chi connectivity index (χ1v) is 10.2. The van der Waals surface area contributed by atoms with Gasteiger partial charge in [-0.2, -0.15) is 18.3 Å². The molecule has 2 aromatic rings. The molecule has 0 saturated carbocycles. The van der Waals surface area contributed by atoms with Gasteiger partial charge in [0.2, 0.25) is 0 Å². The van der Waals surface area contributed by atoms with Gasteiger partial charge in [-0.05, 0) is 25.0 Å². The van der Waals surface area contributed by atoms with Gasteiger partial charge in [-0.15, -0.1) is 0 Å². The van der Waals surface area contributed by atoms with E-state index in [9.17, 15) is 27.6 Å². The zero-order chi connectivity index (χ0) is 24.0. The van der Waals surface area contributed by atoms with Crippen molar-refractivity contribution in [2.75, 3.05) is 26.2 Å². The molecular weight excluding hydrogens is 445 g/mol. The molecule has 33 heavy (non-hydrogen) atoms. The Morgan fingerprint density at radius 1 is 1.06 bits per heavy atom. The smallest absolute Gasteiger partial charge is 0.435 e. The van der Waals surface area contributed by atoms with E-state index in [2.05, 4.69) is 21.0 Å². The number of carbonyl (C=O) groups excluding carboxylic acids is 2. The van der Waals surface area contributed by atoms with Crippen molar-refractivity contribution in [3.05, 3.63) is 47.8 Å². The second kappa shape index (κ2) is 10.2. The Labute approximate surface area is 186 Å². The van der Waals surface area contributed by atoms with Crippen molar-refractivity contribution in [3.63, 3.8) is 0 Å². The average molecular weight is 468 g/mol. The van der Waals surface area contributed by atoms with Crippen LogP contribution < -0.4 is 16.0 Å². The number of halogens is 3. The number of amides is 4. The summed E-state index contributed by atoms with van der Waals surface area (Å²) in [5, 5.41) is 19.6. The maximum absolute atomic E-state index is 13.4. The van der Waals surface area contributed by atoms with Gasteiger partial charge < -0.3 is 26.0 Å². The van der Waals surface area contributed by atoms with E-state index in [-0.39, 0.29) is 19.1 Å². The highest BCUT2D eigenvalue weighted by Gasteiger charge is 2.39. The Kier molecular flexibility index (Phi) is 7.41. The van der Waals surface area contributed by atoms with Crippen LogP contribution in [0.1, 0.15) is 28.9 Å². The lowest BCUT2D eigenvalue weighted by atomic mass is 10.1. The number of likely N-dealkylation sites (tertiary alicyclic amines) is 1. The first-order chi connectivity index (χ1) is 15.6. The van der Waals surface area contributed by atoms with Crippen molar-refractivity contribution in [1.82, 2.24) is 30.6 Å². The van der Waals surface area contributed by atoms with Gasteiger partial charge in [0.1, 0.15) is 0 Å². The maximum atomic E-state index is 13.4. The number of benzene rings is 1. The minimum Gasteiger partial charge on any atom is -0.465 e. The Hall–Kier alpha value is -3.77. The Balaban J connectivity index is 1.51. The van der Waals surface area contributed by atoms with Crippen molar-refractivity contribution >= 4 is 18.0 Å². The first kappa shape index (κ1) is 23.9. The quantitative estimate of drug-likeness (QED) is 0.483. The molecule has 0 unspecified atom stereocenters. The standard InChI is InChI=1S/C20H23F3N6O4/c21-20(22,23)16-15(12-29(27-16)14-4-2-1-3-5-14)17(30)24-8-9-25-18(31)28-10-6-13(7-11-28)26-19(32)33/h1-5,12-13,26H,6-11H2,(H,24,30)(H,25,31)(H,32,33). The number of hydrogen-bond acceptors (Lipinski definition) is 4. The van der Waals surface area contributed by atoms with Crippen LogP contribution in [0.3, 0.4) is 0 Å². The summed E-state index contributed by atoms with van der Waals surface area (Å²) in [5.41, 5.74) is -1.55. The van der Waals surface area contributed by atoms with Crippen molar-refractivity contribution < 1.29 is 32.7 Å². The summed E-state index contributed by atoms with van der Waals surface area (Å²) in [6.45, 7) is 0.634. The lowest BCUT2D eigenvalue weighted by molar-refractivity contribution is -0.141. The SMILES string of the molecule is O=C(O)NC1CCN(C(=O)NCCNC(=O)c2cn(-c3ccccc3)nc2C(F)(F)F)CC1. The molecule has 1 aliphatic heterocycles.